The van der Waals surface area contributed by atoms with Gasteiger partial charge in [0.05, 0.1) is 20.7 Å². The molecule has 0 radical (unpaired) electrons. The van der Waals surface area contributed by atoms with E-state index in [1.54, 1.807) is 18.2 Å². The maximum absolute atomic E-state index is 10.6. The summed E-state index contributed by atoms with van der Waals surface area (Å²) in [5.74, 6) is 0. The van der Waals surface area contributed by atoms with Crippen molar-refractivity contribution in [2.75, 3.05) is 5.32 Å². The third-order valence-corrected chi connectivity index (χ3v) is 4.12. The minimum atomic E-state index is -0.420. The average Bonchev–Trinajstić information content (AvgIpc) is 2.76. The van der Waals surface area contributed by atoms with Crippen molar-refractivity contribution in [3.63, 3.8) is 0 Å². The summed E-state index contributed by atoms with van der Waals surface area (Å²) in [5, 5.41) is 15.0. The number of hydrogen-bond acceptors (Lipinski definition) is 4. The van der Waals surface area contributed by atoms with E-state index in [1.807, 2.05) is 0 Å². The van der Waals surface area contributed by atoms with Gasteiger partial charge in [0.2, 0.25) is 0 Å². The minimum absolute atomic E-state index is 0.102. The summed E-state index contributed by atoms with van der Waals surface area (Å²) >= 11 is 19.0. The molecule has 2 rings (SSSR count). The second-order valence-corrected chi connectivity index (χ2v) is 5.99. The van der Waals surface area contributed by atoms with Crippen LogP contribution in [0.25, 0.3) is 0 Å². The standard InChI is InChI=1S/C11H7Cl3N2O2S/c12-6-3-8(13)11(9(14)4-6)15-5-7-1-2-10(19-7)16(17)18/h1-4,15H,5H2. The lowest BCUT2D eigenvalue weighted by Crippen LogP contribution is -1.98. The fourth-order valence-electron chi connectivity index (χ4n) is 1.45. The van der Waals surface area contributed by atoms with Gasteiger partial charge in [-0.25, -0.2) is 0 Å². The van der Waals surface area contributed by atoms with Crippen LogP contribution in [0, 0.1) is 10.1 Å². The van der Waals surface area contributed by atoms with Crippen molar-refractivity contribution in [1.29, 1.82) is 0 Å². The third-order valence-electron chi connectivity index (χ3n) is 2.27. The van der Waals surface area contributed by atoms with E-state index in [0.717, 1.165) is 16.2 Å². The highest BCUT2D eigenvalue weighted by molar-refractivity contribution is 7.15. The average molecular weight is 338 g/mol. The molecule has 0 fully saturated rings. The number of rotatable bonds is 4. The van der Waals surface area contributed by atoms with Crippen LogP contribution in [0.15, 0.2) is 24.3 Å². The number of hydrogen-bond donors (Lipinski definition) is 1. The maximum Gasteiger partial charge on any atom is 0.324 e. The monoisotopic (exact) mass is 336 g/mol. The van der Waals surface area contributed by atoms with Gasteiger partial charge < -0.3 is 5.32 Å². The Labute approximate surface area is 128 Å². The summed E-state index contributed by atoms with van der Waals surface area (Å²) in [6.07, 6.45) is 0. The molecule has 100 valence electrons. The molecule has 19 heavy (non-hydrogen) atoms. The van der Waals surface area contributed by atoms with Crippen molar-refractivity contribution in [3.05, 3.63) is 54.3 Å². The lowest BCUT2D eigenvalue weighted by Gasteiger charge is -2.09. The lowest BCUT2D eigenvalue weighted by atomic mass is 10.3. The number of anilines is 1. The molecule has 0 saturated heterocycles. The van der Waals surface area contributed by atoms with E-state index in [1.165, 1.54) is 6.07 Å². The van der Waals surface area contributed by atoms with E-state index in [2.05, 4.69) is 5.32 Å². The SMILES string of the molecule is O=[N+]([O-])c1ccc(CNc2c(Cl)cc(Cl)cc2Cl)s1. The Balaban J connectivity index is 2.12. The summed E-state index contributed by atoms with van der Waals surface area (Å²) in [6.45, 7) is 0.402. The first-order chi connectivity index (χ1) is 8.97. The van der Waals surface area contributed by atoms with E-state index in [-0.39, 0.29) is 5.00 Å². The van der Waals surface area contributed by atoms with Crippen LogP contribution in [0.3, 0.4) is 0 Å². The van der Waals surface area contributed by atoms with E-state index in [0.29, 0.717) is 27.3 Å². The molecule has 4 nitrogen and oxygen atoms in total. The molecule has 1 N–H and O–H groups in total. The van der Waals surface area contributed by atoms with Crippen molar-refractivity contribution < 1.29 is 4.92 Å². The van der Waals surface area contributed by atoms with Gasteiger partial charge in [0.25, 0.3) is 0 Å². The van der Waals surface area contributed by atoms with Crippen molar-refractivity contribution in [2.45, 2.75) is 6.54 Å². The van der Waals surface area contributed by atoms with Crippen LogP contribution >= 0.6 is 46.1 Å². The number of halogens is 3. The molecular formula is C11H7Cl3N2O2S. The van der Waals surface area contributed by atoms with Crippen molar-refractivity contribution in [1.82, 2.24) is 0 Å². The van der Waals surface area contributed by atoms with Crippen molar-refractivity contribution >= 4 is 56.8 Å². The van der Waals surface area contributed by atoms with E-state index in [4.69, 9.17) is 34.8 Å². The van der Waals surface area contributed by atoms with Crippen LogP contribution in [-0.4, -0.2) is 4.92 Å². The summed E-state index contributed by atoms with van der Waals surface area (Å²) in [4.78, 5) is 11.0. The summed E-state index contributed by atoms with van der Waals surface area (Å²) in [5.41, 5.74) is 0.559. The highest BCUT2D eigenvalue weighted by Gasteiger charge is 2.11. The molecule has 2 aromatic rings. The van der Waals surface area contributed by atoms with Crippen LogP contribution < -0.4 is 5.32 Å². The molecule has 0 saturated carbocycles. The van der Waals surface area contributed by atoms with Crippen molar-refractivity contribution in [2.24, 2.45) is 0 Å². The third kappa shape index (κ3) is 3.51. The summed E-state index contributed by atoms with van der Waals surface area (Å²) in [7, 11) is 0. The zero-order valence-electron chi connectivity index (χ0n) is 9.32. The van der Waals surface area contributed by atoms with Crippen molar-refractivity contribution in [3.8, 4) is 0 Å². The smallest absolute Gasteiger partial charge is 0.324 e. The molecule has 1 heterocycles. The van der Waals surface area contributed by atoms with Gasteiger partial charge in [-0.3, -0.25) is 10.1 Å². The molecule has 1 aromatic heterocycles. The minimum Gasteiger partial charge on any atom is -0.378 e. The number of thiophene rings is 1. The molecular weight excluding hydrogens is 331 g/mol. The fourth-order valence-corrected chi connectivity index (χ4v) is 3.16. The van der Waals surface area contributed by atoms with Crippen LogP contribution in [-0.2, 0) is 6.54 Å². The van der Waals surface area contributed by atoms with Gasteiger partial charge >= 0.3 is 5.00 Å². The molecule has 8 heteroatoms. The van der Waals surface area contributed by atoms with Gasteiger partial charge in [-0.15, -0.1) is 0 Å². The molecule has 0 unspecified atom stereocenters. The van der Waals surface area contributed by atoms with E-state index in [9.17, 15) is 10.1 Å². The molecule has 0 spiro atoms. The van der Waals surface area contributed by atoms with E-state index >= 15 is 0 Å². The number of nitrogens with zero attached hydrogens (tertiary/aromatic N) is 1. The van der Waals surface area contributed by atoms with Gasteiger partial charge in [-0.05, 0) is 18.2 Å². The highest BCUT2D eigenvalue weighted by Crippen LogP contribution is 2.34. The Morgan fingerprint density at radius 3 is 2.37 bits per heavy atom. The molecule has 0 aliphatic carbocycles. The predicted octanol–water partition coefficient (Wildman–Crippen LogP) is 5.23. The molecule has 0 bridgehead atoms. The fraction of sp³-hybridized carbons (Fsp3) is 0.0909. The van der Waals surface area contributed by atoms with Gasteiger partial charge in [0.15, 0.2) is 0 Å². The number of nitro groups is 1. The quantitative estimate of drug-likeness (QED) is 0.614. The van der Waals surface area contributed by atoms with Crippen LogP contribution in [0.5, 0.6) is 0 Å². The Bertz CT molecular complexity index is 607. The topological polar surface area (TPSA) is 55.2 Å². The zero-order valence-corrected chi connectivity index (χ0v) is 12.4. The predicted molar refractivity (Wildman–Crippen MR) is 79.8 cm³/mol. The molecule has 1 aromatic carbocycles. The van der Waals surface area contributed by atoms with Gasteiger partial charge in [0.1, 0.15) is 0 Å². The zero-order chi connectivity index (χ0) is 14.0. The van der Waals surface area contributed by atoms with Crippen LogP contribution in [0.1, 0.15) is 4.88 Å². The lowest BCUT2D eigenvalue weighted by molar-refractivity contribution is -0.380. The second kappa shape index (κ2) is 5.96. The Morgan fingerprint density at radius 2 is 1.84 bits per heavy atom. The van der Waals surface area contributed by atoms with Gasteiger partial charge in [-0.2, -0.15) is 0 Å². The van der Waals surface area contributed by atoms with Gasteiger partial charge in [0, 0.05) is 22.5 Å². The largest absolute Gasteiger partial charge is 0.378 e. The summed E-state index contributed by atoms with van der Waals surface area (Å²) < 4.78 is 0. The highest BCUT2D eigenvalue weighted by atomic mass is 35.5. The first-order valence-electron chi connectivity index (χ1n) is 5.09. The maximum atomic E-state index is 10.6. The Hall–Kier alpha value is -1.01. The van der Waals surface area contributed by atoms with Gasteiger partial charge in [-0.1, -0.05) is 46.1 Å². The Morgan fingerprint density at radius 1 is 1.21 bits per heavy atom. The molecule has 0 amide bonds. The first-order valence-corrected chi connectivity index (χ1v) is 7.04. The normalized spacial score (nSPS) is 10.5. The van der Waals surface area contributed by atoms with E-state index < -0.39 is 4.92 Å². The molecule has 0 aliphatic heterocycles. The summed E-state index contributed by atoms with van der Waals surface area (Å²) in [6, 6.07) is 6.31. The number of nitrogens with one attached hydrogen (secondary N) is 1. The van der Waals surface area contributed by atoms with Crippen LogP contribution in [0.4, 0.5) is 10.7 Å². The Kier molecular flexibility index (Phi) is 4.52. The first kappa shape index (κ1) is 14.4. The van der Waals surface area contributed by atoms with Crippen LogP contribution in [0.2, 0.25) is 15.1 Å². The molecule has 0 aliphatic rings. The second-order valence-electron chi connectivity index (χ2n) is 3.60. The molecule has 0 atom stereocenters. The number of benzene rings is 1.